The van der Waals surface area contributed by atoms with Crippen molar-refractivity contribution < 1.29 is 0 Å². The molecule has 0 bridgehead atoms. The minimum Gasteiger partial charge on any atom is -0.388 e. The second-order valence-electron chi connectivity index (χ2n) is 4.06. The SMILES string of the molecule is C=C(CC(C)(C)C)NCCN. The number of allylic oxidation sites excluding steroid dienone is 1. The van der Waals surface area contributed by atoms with E-state index in [9.17, 15) is 0 Å². The second kappa shape index (κ2) is 4.39. The van der Waals surface area contributed by atoms with Gasteiger partial charge >= 0.3 is 0 Å². The zero-order valence-corrected chi connectivity index (χ0v) is 7.91. The van der Waals surface area contributed by atoms with E-state index in [-0.39, 0.29) is 0 Å². The topological polar surface area (TPSA) is 38.0 Å². The molecule has 0 unspecified atom stereocenters. The van der Waals surface area contributed by atoms with E-state index in [1.54, 1.807) is 0 Å². The summed E-state index contributed by atoms with van der Waals surface area (Å²) in [5, 5.41) is 3.17. The molecule has 0 heterocycles. The lowest BCUT2D eigenvalue weighted by atomic mass is 9.91. The molecule has 0 atom stereocenters. The van der Waals surface area contributed by atoms with Crippen LogP contribution in [0, 0.1) is 5.41 Å². The Morgan fingerprint density at radius 3 is 2.36 bits per heavy atom. The van der Waals surface area contributed by atoms with Gasteiger partial charge in [-0.3, -0.25) is 0 Å². The van der Waals surface area contributed by atoms with Gasteiger partial charge in [0.1, 0.15) is 0 Å². The fourth-order valence-electron chi connectivity index (χ4n) is 0.952. The highest BCUT2D eigenvalue weighted by Gasteiger charge is 2.10. The summed E-state index contributed by atoms with van der Waals surface area (Å²) in [6.45, 7) is 12.0. The number of nitrogens with one attached hydrogen (secondary N) is 1. The van der Waals surface area contributed by atoms with Crippen LogP contribution < -0.4 is 11.1 Å². The average Bonchev–Trinajstić information content (AvgIpc) is 1.79. The van der Waals surface area contributed by atoms with E-state index < -0.39 is 0 Å². The van der Waals surface area contributed by atoms with Gasteiger partial charge in [-0.1, -0.05) is 27.4 Å². The summed E-state index contributed by atoms with van der Waals surface area (Å²) in [6, 6.07) is 0. The van der Waals surface area contributed by atoms with Gasteiger partial charge in [-0.2, -0.15) is 0 Å². The molecule has 2 heteroatoms. The number of hydrogen-bond acceptors (Lipinski definition) is 2. The molecule has 0 radical (unpaired) electrons. The first-order valence-corrected chi connectivity index (χ1v) is 4.07. The van der Waals surface area contributed by atoms with Crippen LogP contribution in [0.15, 0.2) is 12.3 Å². The van der Waals surface area contributed by atoms with E-state index in [0.717, 1.165) is 18.7 Å². The zero-order chi connectivity index (χ0) is 8.91. The molecule has 0 aromatic carbocycles. The molecular formula is C9H20N2. The summed E-state index contributed by atoms with van der Waals surface area (Å²) in [6.07, 6.45) is 1.01. The Kier molecular flexibility index (Phi) is 4.19. The molecule has 0 aromatic rings. The quantitative estimate of drug-likeness (QED) is 0.647. The van der Waals surface area contributed by atoms with Crippen molar-refractivity contribution in [3.05, 3.63) is 12.3 Å². The average molecular weight is 156 g/mol. The van der Waals surface area contributed by atoms with E-state index in [2.05, 4.69) is 32.7 Å². The summed E-state index contributed by atoms with van der Waals surface area (Å²) in [4.78, 5) is 0. The summed E-state index contributed by atoms with van der Waals surface area (Å²) in [7, 11) is 0. The number of nitrogens with two attached hydrogens (primary N) is 1. The van der Waals surface area contributed by atoms with Crippen molar-refractivity contribution in [2.75, 3.05) is 13.1 Å². The van der Waals surface area contributed by atoms with Crippen molar-refractivity contribution in [3.8, 4) is 0 Å². The molecule has 0 amide bonds. The minimum absolute atomic E-state index is 0.318. The van der Waals surface area contributed by atoms with Crippen LogP contribution in [0.4, 0.5) is 0 Å². The molecule has 0 aromatic heterocycles. The van der Waals surface area contributed by atoms with Crippen molar-refractivity contribution in [3.63, 3.8) is 0 Å². The zero-order valence-electron chi connectivity index (χ0n) is 7.91. The van der Waals surface area contributed by atoms with Gasteiger partial charge in [0.2, 0.25) is 0 Å². The highest BCUT2D eigenvalue weighted by atomic mass is 14.9. The Morgan fingerprint density at radius 2 is 2.00 bits per heavy atom. The van der Waals surface area contributed by atoms with Gasteiger partial charge in [-0.05, 0) is 11.8 Å². The maximum Gasteiger partial charge on any atom is 0.0266 e. The van der Waals surface area contributed by atoms with Crippen molar-refractivity contribution >= 4 is 0 Å². The third-order valence-corrected chi connectivity index (χ3v) is 1.26. The van der Waals surface area contributed by atoms with Crippen LogP contribution in [-0.2, 0) is 0 Å². The molecule has 3 N–H and O–H groups in total. The van der Waals surface area contributed by atoms with Gasteiger partial charge in [0.05, 0.1) is 0 Å². The predicted molar refractivity (Wildman–Crippen MR) is 50.3 cm³/mol. The minimum atomic E-state index is 0.318. The van der Waals surface area contributed by atoms with Crippen LogP contribution in [0.1, 0.15) is 27.2 Å². The molecule has 0 rings (SSSR count). The highest BCUT2D eigenvalue weighted by Crippen LogP contribution is 2.21. The molecule has 0 aliphatic rings. The van der Waals surface area contributed by atoms with Crippen molar-refractivity contribution in [2.45, 2.75) is 27.2 Å². The predicted octanol–water partition coefficient (Wildman–Crippen LogP) is 1.48. The molecule has 0 saturated carbocycles. The molecule has 66 valence electrons. The third-order valence-electron chi connectivity index (χ3n) is 1.26. The smallest absolute Gasteiger partial charge is 0.0266 e. The van der Waals surface area contributed by atoms with Crippen LogP contribution in [0.25, 0.3) is 0 Å². The molecule has 0 spiro atoms. The number of rotatable bonds is 4. The maximum atomic E-state index is 5.34. The molecule has 0 saturated heterocycles. The Bertz CT molecular complexity index is 122. The van der Waals surface area contributed by atoms with Gasteiger partial charge in [0.15, 0.2) is 0 Å². The molecule has 0 aliphatic carbocycles. The lowest BCUT2D eigenvalue weighted by molar-refractivity contribution is 0.399. The first-order chi connectivity index (χ1) is 4.95. The van der Waals surface area contributed by atoms with E-state index in [1.165, 1.54) is 0 Å². The Balaban J connectivity index is 3.53. The van der Waals surface area contributed by atoms with Crippen molar-refractivity contribution in [1.29, 1.82) is 0 Å². The monoisotopic (exact) mass is 156 g/mol. The molecule has 2 nitrogen and oxygen atoms in total. The normalized spacial score (nSPS) is 11.3. The van der Waals surface area contributed by atoms with Crippen molar-refractivity contribution in [2.24, 2.45) is 11.1 Å². The fraction of sp³-hybridized carbons (Fsp3) is 0.778. The van der Waals surface area contributed by atoms with E-state index >= 15 is 0 Å². The van der Waals surface area contributed by atoms with Gasteiger partial charge in [-0.25, -0.2) is 0 Å². The third kappa shape index (κ3) is 7.40. The summed E-state index contributed by atoms with van der Waals surface area (Å²) in [5.41, 5.74) is 6.74. The Labute approximate surface area is 69.9 Å². The molecular weight excluding hydrogens is 136 g/mol. The summed E-state index contributed by atoms with van der Waals surface area (Å²) >= 11 is 0. The van der Waals surface area contributed by atoms with Crippen LogP contribution in [-0.4, -0.2) is 13.1 Å². The molecule has 0 fully saturated rings. The van der Waals surface area contributed by atoms with Crippen LogP contribution in [0.3, 0.4) is 0 Å². The molecule has 0 aliphatic heterocycles. The number of hydrogen-bond donors (Lipinski definition) is 2. The highest BCUT2D eigenvalue weighted by molar-refractivity contribution is 4.94. The van der Waals surface area contributed by atoms with E-state index in [4.69, 9.17) is 5.73 Å². The Hall–Kier alpha value is -0.500. The summed E-state index contributed by atoms with van der Waals surface area (Å²) in [5.74, 6) is 0. The lowest BCUT2D eigenvalue weighted by Gasteiger charge is -2.20. The standard InChI is InChI=1S/C9H20N2/c1-8(11-6-5-10)7-9(2,3)4/h11H,1,5-7,10H2,2-4H3. The van der Waals surface area contributed by atoms with Crippen LogP contribution >= 0.6 is 0 Å². The maximum absolute atomic E-state index is 5.34. The first kappa shape index (κ1) is 10.5. The van der Waals surface area contributed by atoms with Crippen molar-refractivity contribution in [1.82, 2.24) is 5.32 Å². The Morgan fingerprint density at radius 1 is 1.45 bits per heavy atom. The van der Waals surface area contributed by atoms with Crippen LogP contribution in [0.5, 0.6) is 0 Å². The van der Waals surface area contributed by atoms with Gasteiger partial charge in [0.25, 0.3) is 0 Å². The van der Waals surface area contributed by atoms with Gasteiger partial charge in [0, 0.05) is 18.8 Å². The van der Waals surface area contributed by atoms with Gasteiger partial charge < -0.3 is 11.1 Å². The fourth-order valence-corrected chi connectivity index (χ4v) is 0.952. The largest absolute Gasteiger partial charge is 0.388 e. The lowest BCUT2D eigenvalue weighted by Crippen LogP contribution is -2.23. The van der Waals surface area contributed by atoms with Crippen LogP contribution in [0.2, 0.25) is 0 Å². The van der Waals surface area contributed by atoms with E-state index in [1.807, 2.05) is 0 Å². The van der Waals surface area contributed by atoms with Gasteiger partial charge in [-0.15, -0.1) is 0 Å². The van der Waals surface area contributed by atoms with E-state index in [0.29, 0.717) is 12.0 Å². The first-order valence-electron chi connectivity index (χ1n) is 4.07. The summed E-state index contributed by atoms with van der Waals surface area (Å²) < 4.78 is 0. The molecule has 11 heavy (non-hydrogen) atoms. The second-order valence-corrected chi connectivity index (χ2v) is 4.06.